The molecule has 0 fully saturated rings. The molecule has 0 bridgehead atoms. The Morgan fingerprint density at radius 3 is 2.07 bits per heavy atom. The molecule has 0 spiro atoms. The van der Waals surface area contributed by atoms with E-state index in [1.807, 2.05) is 24.3 Å². The smallest absolute Gasteiger partial charge is 0.146 e. The lowest BCUT2D eigenvalue weighted by Crippen LogP contribution is -2.06. The van der Waals surface area contributed by atoms with Crippen LogP contribution in [0, 0.1) is 0 Å². The van der Waals surface area contributed by atoms with Gasteiger partial charge in [-0.2, -0.15) is 0 Å². The van der Waals surface area contributed by atoms with Crippen molar-refractivity contribution in [3.05, 3.63) is 54.4 Å². The van der Waals surface area contributed by atoms with Crippen molar-refractivity contribution in [2.24, 2.45) is 0 Å². The lowest BCUT2D eigenvalue weighted by molar-refractivity contribution is 0.302. The fraction of sp³-hybridized carbons (Fsp3) is 0.0476. The van der Waals surface area contributed by atoms with E-state index < -0.39 is 0 Å². The molecule has 9 heteroatoms. The number of rotatable bonds is 6. The number of H-pyrrole nitrogens is 2. The molecule has 7 nitrogen and oxygen atoms in total. The molecule has 0 radical (unpaired) electrons. The minimum Gasteiger partial charge on any atom is -0.488 e. The number of aromatic nitrogens is 4. The maximum atomic E-state index is 10.7. The minimum atomic E-state index is 0.0207. The first-order valence-electron chi connectivity index (χ1n) is 9.16. The lowest BCUT2D eigenvalue weighted by Gasteiger charge is -2.22. The molecular formula is C21H16N4O3P2. The molecule has 5 rings (SSSR count). The fourth-order valence-electron chi connectivity index (χ4n) is 3.52. The minimum absolute atomic E-state index is 0.0207. The van der Waals surface area contributed by atoms with E-state index >= 15 is 0 Å². The van der Waals surface area contributed by atoms with Gasteiger partial charge in [-0.1, -0.05) is 18.2 Å². The van der Waals surface area contributed by atoms with E-state index in [9.17, 15) is 9.59 Å². The molecular weight excluding hydrogens is 418 g/mol. The fourth-order valence-corrected chi connectivity index (χ4v) is 4.44. The number of carbonyl (C=O) groups excluding carboxylic acids is 2. The van der Waals surface area contributed by atoms with Crippen LogP contribution in [0.1, 0.15) is 5.56 Å². The molecule has 0 saturated carbocycles. The van der Waals surface area contributed by atoms with E-state index in [-0.39, 0.29) is 17.2 Å². The van der Waals surface area contributed by atoms with Gasteiger partial charge in [0.05, 0.1) is 23.8 Å². The van der Waals surface area contributed by atoms with E-state index in [1.165, 1.54) is 0 Å². The number of nitrogens with zero attached hydrogens (tertiary/aromatic N) is 2. The van der Waals surface area contributed by atoms with E-state index in [2.05, 4.69) is 32.1 Å². The number of carbonyl (C=O) groups is 2. The second-order valence-corrected chi connectivity index (χ2v) is 8.68. The summed E-state index contributed by atoms with van der Waals surface area (Å²) in [6.07, 6.45) is 3.49. The molecule has 0 saturated heterocycles. The quantitative estimate of drug-likeness (QED) is 0.359. The normalized spacial score (nSPS) is 12.8. The van der Waals surface area contributed by atoms with Crippen LogP contribution < -0.4 is 15.9 Å². The van der Waals surface area contributed by atoms with Gasteiger partial charge in [-0.15, -0.1) is 0 Å². The zero-order chi connectivity index (χ0) is 20.5. The van der Waals surface area contributed by atoms with Gasteiger partial charge in [0.2, 0.25) is 0 Å². The maximum Gasteiger partial charge on any atom is 0.146 e. The molecule has 30 heavy (non-hydrogen) atoms. The number of hydrogen-bond donors (Lipinski definition) is 2. The summed E-state index contributed by atoms with van der Waals surface area (Å²) in [5, 5.41) is 0. The zero-order valence-corrected chi connectivity index (χ0v) is 17.6. The second kappa shape index (κ2) is 7.94. The van der Waals surface area contributed by atoms with Crippen LogP contribution in [0.25, 0.3) is 33.6 Å². The molecule has 4 aromatic rings. The van der Waals surface area contributed by atoms with E-state index in [0.29, 0.717) is 17.7 Å². The highest BCUT2D eigenvalue weighted by molar-refractivity contribution is 7.62. The summed E-state index contributed by atoms with van der Waals surface area (Å²) >= 11 is 0. The highest BCUT2D eigenvalue weighted by Gasteiger charge is 2.19. The Kier molecular flexibility index (Phi) is 4.99. The number of imidazole rings is 2. The average Bonchev–Trinajstić information content (AvgIpc) is 3.43. The molecule has 2 aromatic carbocycles. The van der Waals surface area contributed by atoms with Gasteiger partial charge in [0.25, 0.3) is 0 Å². The largest absolute Gasteiger partial charge is 0.488 e. The lowest BCUT2D eigenvalue weighted by atomic mass is 9.93. The Bertz CT molecular complexity index is 1170. The number of benzene rings is 2. The summed E-state index contributed by atoms with van der Waals surface area (Å²) in [6, 6.07) is 14.0. The van der Waals surface area contributed by atoms with Crippen molar-refractivity contribution in [2.75, 3.05) is 0 Å². The van der Waals surface area contributed by atoms with Crippen molar-refractivity contribution in [1.29, 1.82) is 0 Å². The Morgan fingerprint density at radius 1 is 0.833 bits per heavy atom. The Morgan fingerprint density at radius 2 is 1.43 bits per heavy atom. The summed E-state index contributed by atoms with van der Waals surface area (Å²) in [6.45, 7) is 0.470. The van der Waals surface area contributed by atoms with Crippen molar-refractivity contribution in [3.63, 3.8) is 0 Å². The van der Waals surface area contributed by atoms with Gasteiger partial charge in [-0.05, 0) is 34.9 Å². The Hall–Kier alpha value is -3.14. The molecule has 3 heterocycles. The first-order valence-corrected chi connectivity index (χ1v) is 11.3. The van der Waals surface area contributed by atoms with Crippen LogP contribution in [0.4, 0.5) is 0 Å². The van der Waals surface area contributed by atoms with Gasteiger partial charge >= 0.3 is 0 Å². The summed E-state index contributed by atoms with van der Waals surface area (Å²) in [7, 11) is 0.0479. The van der Waals surface area contributed by atoms with Crippen LogP contribution in [-0.2, 0) is 16.2 Å². The summed E-state index contributed by atoms with van der Waals surface area (Å²) in [5.74, 6) is 0.817. The van der Waals surface area contributed by atoms with Gasteiger partial charge in [-0.3, -0.25) is 9.59 Å². The van der Waals surface area contributed by atoms with Gasteiger partial charge in [0.15, 0.2) is 0 Å². The van der Waals surface area contributed by atoms with Crippen molar-refractivity contribution >= 4 is 40.3 Å². The van der Waals surface area contributed by atoms with Gasteiger partial charge in [0, 0.05) is 28.3 Å². The van der Waals surface area contributed by atoms with Crippen molar-refractivity contribution in [2.45, 2.75) is 6.61 Å². The molecule has 2 N–H and O–H groups in total. The third-order valence-electron chi connectivity index (χ3n) is 4.93. The first kappa shape index (κ1) is 18.9. The molecule has 2 atom stereocenters. The first-order chi connectivity index (χ1) is 14.7. The summed E-state index contributed by atoms with van der Waals surface area (Å²) < 4.78 is 6.04. The Balaban J connectivity index is 1.46. The van der Waals surface area contributed by atoms with Crippen LogP contribution in [0.2, 0.25) is 0 Å². The maximum absolute atomic E-state index is 10.7. The summed E-state index contributed by atoms with van der Waals surface area (Å²) in [5.41, 5.74) is 8.33. The van der Waals surface area contributed by atoms with E-state index in [1.54, 1.807) is 12.4 Å². The number of hydrogen-bond acceptors (Lipinski definition) is 5. The molecule has 148 valence electrons. The predicted octanol–water partition coefficient (Wildman–Crippen LogP) is 3.01. The van der Waals surface area contributed by atoms with Gasteiger partial charge < -0.3 is 14.7 Å². The van der Waals surface area contributed by atoms with Crippen LogP contribution >= 0.6 is 17.2 Å². The van der Waals surface area contributed by atoms with Crippen LogP contribution in [-0.4, -0.2) is 32.0 Å². The molecule has 2 aromatic heterocycles. The standard InChI is InChI=1S/C21H16N4O3P2/c26-10-29-20-22-7-17(24-20)12-1-3-15-14(5-12)9-28-19-6-13(2-4-16(15)19)18-8-23-21(25-18)30-11-27/h1-8,10-11,29-30H,9H2,(H,22,24)(H,23,25). The van der Waals surface area contributed by atoms with Gasteiger partial charge in [-0.25, -0.2) is 9.97 Å². The third kappa shape index (κ3) is 3.47. The monoisotopic (exact) mass is 434 g/mol. The third-order valence-corrected chi connectivity index (χ3v) is 6.22. The highest BCUT2D eigenvalue weighted by Crippen LogP contribution is 2.40. The van der Waals surface area contributed by atoms with Crippen LogP contribution in [0.15, 0.2) is 48.8 Å². The van der Waals surface area contributed by atoms with Crippen molar-refractivity contribution < 1.29 is 14.3 Å². The molecule has 1 aliphatic rings. The van der Waals surface area contributed by atoms with Crippen LogP contribution in [0.5, 0.6) is 5.75 Å². The van der Waals surface area contributed by atoms with Crippen molar-refractivity contribution in [3.8, 4) is 39.4 Å². The van der Waals surface area contributed by atoms with Gasteiger partial charge in [0.1, 0.15) is 35.5 Å². The topological polar surface area (TPSA) is 101 Å². The zero-order valence-electron chi connectivity index (χ0n) is 15.6. The molecule has 2 unspecified atom stereocenters. The molecule has 0 aliphatic carbocycles. The SMILES string of the molecule is O=CPc1ncc(-c2ccc3c(c2)COc2cc(-c4cnc(PC=O)[nH]4)ccc2-3)[nH]1. The second-order valence-electron chi connectivity index (χ2n) is 6.69. The van der Waals surface area contributed by atoms with E-state index in [0.717, 1.165) is 57.0 Å². The van der Waals surface area contributed by atoms with Crippen molar-refractivity contribution in [1.82, 2.24) is 19.9 Å². The van der Waals surface area contributed by atoms with E-state index in [4.69, 9.17) is 4.74 Å². The summed E-state index contributed by atoms with van der Waals surface area (Å²) in [4.78, 5) is 36.2. The number of nitrogens with one attached hydrogen (secondary N) is 2. The molecule has 1 aliphatic heterocycles. The highest BCUT2D eigenvalue weighted by atomic mass is 31.1. The average molecular weight is 434 g/mol. The van der Waals surface area contributed by atoms with Crippen LogP contribution in [0.3, 0.4) is 0 Å². The Labute approximate surface area is 175 Å². The molecule has 0 amide bonds. The predicted molar refractivity (Wildman–Crippen MR) is 121 cm³/mol. The number of ether oxygens (including phenoxy) is 1. The number of aromatic amines is 2. The number of fused-ring (bicyclic) bond motifs is 3.